The van der Waals surface area contributed by atoms with E-state index in [2.05, 4.69) is 10.2 Å². The van der Waals surface area contributed by atoms with Crippen molar-refractivity contribution in [1.82, 2.24) is 9.21 Å². The number of amides is 2. The van der Waals surface area contributed by atoms with Gasteiger partial charge >= 0.3 is 0 Å². The van der Waals surface area contributed by atoms with E-state index < -0.39 is 16.1 Å². The predicted molar refractivity (Wildman–Crippen MR) is 125 cm³/mol. The van der Waals surface area contributed by atoms with Crippen LogP contribution in [0.5, 0.6) is 5.75 Å². The fourth-order valence-corrected chi connectivity index (χ4v) is 5.36. The Hall–Kier alpha value is -3.11. The molecule has 0 bridgehead atoms. The quantitative estimate of drug-likeness (QED) is 0.711. The van der Waals surface area contributed by atoms with Gasteiger partial charge < -0.3 is 19.9 Å². The molecule has 10 heteroatoms. The summed E-state index contributed by atoms with van der Waals surface area (Å²) in [5, 5.41) is 2.71. The fourth-order valence-electron chi connectivity index (χ4n) is 4.02. The van der Waals surface area contributed by atoms with Gasteiger partial charge in [0.1, 0.15) is 5.75 Å². The number of hydrogen-bond acceptors (Lipinski definition) is 6. The van der Waals surface area contributed by atoms with Gasteiger partial charge in [0.15, 0.2) is 6.10 Å². The molecular formula is C23H28N4O5S. The number of anilines is 2. The van der Waals surface area contributed by atoms with Crippen LogP contribution in [0, 0.1) is 6.92 Å². The van der Waals surface area contributed by atoms with Crippen LogP contribution in [0.2, 0.25) is 0 Å². The van der Waals surface area contributed by atoms with E-state index in [-0.39, 0.29) is 23.3 Å². The number of piperazine rings is 1. The van der Waals surface area contributed by atoms with Crippen LogP contribution in [0.3, 0.4) is 0 Å². The summed E-state index contributed by atoms with van der Waals surface area (Å²) in [4.78, 5) is 28.6. The largest absolute Gasteiger partial charge is 0.479 e. The van der Waals surface area contributed by atoms with Crippen LogP contribution < -0.4 is 15.0 Å². The molecule has 176 valence electrons. The first-order valence-corrected chi connectivity index (χ1v) is 12.3. The highest BCUT2D eigenvalue weighted by Crippen LogP contribution is 2.35. The summed E-state index contributed by atoms with van der Waals surface area (Å²) in [5.41, 5.74) is 2.01. The molecule has 4 rings (SSSR count). The summed E-state index contributed by atoms with van der Waals surface area (Å²) in [6.45, 7) is 5.44. The smallest absolute Gasteiger partial charge is 0.265 e. The van der Waals surface area contributed by atoms with Crippen molar-refractivity contribution < 1.29 is 22.7 Å². The molecule has 1 N–H and O–H groups in total. The van der Waals surface area contributed by atoms with Crippen molar-refractivity contribution in [3.63, 3.8) is 0 Å². The molecule has 0 aliphatic carbocycles. The average molecular weight is 473 g/mol. The van der Waals surface area contributed by atoms with Crippen molar-refractivity contribution in [2.45, 2.75) is 24.8 Å². The van der Waals surface area contributed by atoms with E-state index >= 15 is 0 Å². The Morgan fingerprint density at radius 1 is 1.15 bits per heavy atom. The third-order valence-electron chi connectivity index (χ3n) is 6.01. The number of carbonyl (C=O) groups excluding carboxylic acids is 2. The molecule has 2 heterocycles. The summed E-state index contributed by atoms with van der Waals surface area (Å²) in [5.74, 6) is -0.225. The van der Waals surface area contributed by atoms with Crippen LogP contribution in [-0.4, -0.2) is 75.3 Å². The third kappa shape index (κ3) is 4.67. The Morgan fingerprint density at radius 2 is 1.82 bits per heavy atom. The normalized spacial score (nSPS) is 18.5. The van der Waals surface area contributed by atoms with Gasteiger partial charge in [-0.15, -0.1) is 0 Å². The van der Waals surface area contributed by atoms with Gasteiger partial charge in [0, 0.05) is 45.0 Å². The van der Waals surface area contributed by atoms with Crippen molar-refractivity contribution in [2.24, 2.45) is 0 Å². The summed E-state index contributed by atoms with van der Waals surface area (Å²) in [6, 6.07) is 13.0. The molecule has 2 aromatic rings. The van der Waals surface area contributed by atoms with E-state index in [0.29, 0.717) is 43.2 Å². The highest BCUT2D eigenvalue weighted by molar-refractivity contribution is 7.89. The number of rotatable bonds is 5. The van der Waals surface area contributed by atoms with Gasteiger partial charge in [-0.3, -0.25) is 9.59 Å². The van der Waals surface area contributed by atoms with Crippen molar-refractivity contribution in [1.29, 1.82) is 0 Å². The van der Waals surface area contributed by atoms with E-state index in [1.54, 1.807) is 24.8 Å². The second kappa shape index (κ2) is 9.03. The minimum absolute atomic E-state index is 0.0498. The molecule has 33 heavy (non-hydrogen) atoms. The number of benzene rings is 2. The number of nitrogens with zero attached hydrogens (tertiary/aromatic N) is 3. The number of carbonyl (C=O) groups is 2. The molecule has 1 saturated heterocycles. The van der Waals surface area contributed by atoms with E-state index in [0.717, 1.165) is 9.99 Å². The first kappa shape index (κ1) is 23.1. The minimum atomic E-state index is -3.94. The maximum Gasteiger partial charge on any atom is 0.265 e. The van der Waals surface area contributed by atoms with Gasteiger partial charge in [-0.1, -0.05) is 18.2 Å². The molecule has 0 aromatic heterocycles. The fraction of sp³-hybridized carbons (Fsp3) is 0.391. The van der Waals surface area contributed by atoms with E-state index in [9.17, 15) is 18.0 Å². The van der Waals surface area contributed by atoms with Gasteiger partial charge in [-0.25, -0.2) is 8.42 Å². The lowest BCUT2D eigenvalue weighted by atomic mass is 10.1. The number of fused-ring (bicyclic) bond motifs is 1. The van der Waals surface area contributed by atoms with Crippen LogP contribution in [0.25, 0.3) is 0 Å². The maximum atomic E-state index is 13.2. The first-order chi connectivity index (χ1) is 15.7. The lowest BCUT2D eigenvalue weighted by molar-refractivity contribution is -0.131. The number of hydrogen-bond donors (Lipinski definition) is 1. The summed E-state index contributed by atoms with van der Waals surface area (Å²) in [6.07, 6.45) is -0.718. The Labute approximate surface area is 194 Å². The molecule has 1 unspecified atom stereocenters. The number of likely N-dealkylation sites (N-methyl/N-ethyl adjacent to an activating group) is 1. The highest BCUT2D eigenvalue weighted by atomic mass is 32.2. The summed E-state index contributed by atoms with van der Waals surface area (Å²) in [7, 11) is -2.54. The Bertz CT molecular complexity index is 1160. The topological polar surface area (TPSA) is 99.3 Å². The Kier molecular flexibility index (Phi) is 6.31. The zero-order chi connectivity index (χ0) is 23.8. The molecule has 1 atom stereocenters. The molecule has 0 spiro atoms. The summed E-state index contributed by atoms with van der Waals surface area (Å²) < 4.78 is 33.1. The number of aryl methyl sites for hydroxylation is 1. The van der Waals surface area contributed by atoms with Gasteiger partial charge in [-0.05, 0) is 37.6 Å². The van der Waals surface area contributed by atoms with Gasteiger partial charge in [0.05, 0.1) is 17.1 Å². The first-order valence-electron chi connectivity index (χ1n) is 10.8. The van der Waals surface area contributed by atoms with E-state index in [1.807, 2.05) is 30.3 Å². The Morgan fingerprint density at radius 3 is 2.48 bits per heavy atom. The molecule has 2 aliphatic heterocycles. The number of nitrogens with one attached hydrogen (secondary N) is 1. The molecule has 2 aliphatic rings. The number of sulfonamides is 1. The molecule has 1 fully saturated rings. The SMILES string of the molecule is Cc1cc2c(cc1S(=O)(=O)N(C)CC(=O)N1CCN(c3ccccc3)CC1)OC(C)C(=O)N2. The molecule has 9 nitrogen and oxygen atoms in total. The van der Waals surface area contributed by atoms with Crippen molar-refractivity contribution in [3.8, 4) is 5.75 Å². The van der Waals surface area contributed by atoms with Crippen LogP contribution in [0.15, 0.2) is 47.4 Å². The minimum Gasteiger partial charge on any atom is -0.479 e. The van der Waals surface area contributed by atoms with Crippen molar-refractivity contribution >= 4 is 33.2 Å². The lowest BCUT2D eigenvalue weighted by Gasteiger charge is -2.36. The molecule has 0 radical (unpaired) electrons. The van der Waals surface area contributed by atoms with Crippen LogP contribution in [0.4, 0.5) is 11.4 Å². The monoisotopic (exact) mass is 472 g/mol. The molecule has 0 saturated carbocycles. The van der Waals surface area contributed by atoms with Gasteiger partial charge in [0.2, 0.25) is 15.9 Å². The third-order valence-corrected chi connectivity index (χ3v) is 7.95. The van der Waals surface area contributed by atoms with Crippen LogP contribution in [0.1, 0.15) is 12.5 Å². The molecular weight excluding hydrogens is 444 g/mol. The molecule has 2 amide bonds. The Balaban J connectivity index is 1.43. The molecule has 2 aromatic carbocycles. The lowest BCUT2D eigenvalue weighted by Crippen LogP contribution is -2.51. The summed E-state index contributed by atoms with van der Waals surface area (Å²) >= 11 is 0. The van der Waals surface area contributed by atoms with Crippen molar-refractivity contribution in [3.05, 3.63) is 48.0 Å². The van der Waals surface area contributed by atoms with Crippen LogP contribution >= 0.6 is 0 Å². The standard InChI is InChI=1S/C23H28N4O5S/c1-16-13-19-20(32-17(2)23(29)24-19)14-21(16)33(30,31)25(3)15-22(28)27-11-9-26(10-12-27)18-7-5-4-6-8-18/h4-8,13-14,17H,9-12,15H2,1-3H3,(H,24,29). The maximum absolute atomic E-state index is 13.2. The van der Waals surface area contributed by atoms with Crippen LogP contribution in [-0.2, 0) is 19.6 Å². The van der Waals surface area contributed by atoms with Gasteiger partial charge in [-0.2, -0.15) is 4.31 Å². The average Bonchev–Trinajstić information content (AvgIpc) is 2.80. The highest BCUT2D eigenvalue weighted by Gasteiger charge is 2.31. The second-order valence-electron chi connectivity index (χ2n) is 8.33. The predicted octanol–water partition coefficient (Wildman–Crippen LogP) is 1.68. The number of para-hydroxylation sites is 1. The van der Waals surface area contributed by atoms with Gasteiger partial charge in [0.25, 0.3) is 5.91 Å². The zero-order valence-corrected chi connectivity index (χ0v) is 19.8. The zero-order valence-electron chi connectivity index (χ0n) is 18.9. The van der Waals surface area contributed by atoms with Crippen molar-refractivity contribution in [2.75, 3.05) is 50.0 Å². The second-order valence-corrected chi connectivity index (χ2v) is 10.3. The van der Waals surface area contributed by atoms with E-state index in [4.69, 9.17) is 4.74 Å². The number of ether oxygens (including phenoxy) is 1. The van der Waals surface area contributed by atoms with E-state index in [1.165, 1.54) is 13.1 Å².